The number of rotatable bonds is 3. The smallest absolute Gasteiger partial charge is 0.304 e. The minimum Gasteiger partial charge on any atom is -0.304 e. The van der Waals surface area contributed by atoms with E-state index in [1.807, 2.05) is 0 Å². The van der Waals surface area contributed by atoms with E-state index >= 15 is 0 Å². The van der Waals surface area contributed by atoms with Gasteiger partial charge in [0, 0.05) is 10.9 Å². The molecule has 10 heteroatoms. The van der Waals surface area contributed by atoms with Crippen LogP contribution in [0.4, 0.5) is 19.0 Å². The molecule has 3 aromatic heterocycles. The van der Waals surface area contributed by atoms with Gasteiger partial charge in [0.1, 0.15) is 5.69 Å². The molecule has 1 N–H and O–H groups in total. The lowest BCUT2D eigenvalue weighted by atomic mass is 10.0. The lowest BCUT2D eigenvalue weighted by molar-refractivity contribution is -0.137. The molecule has 1 amide bonds. The molecule has 0 aliphatic rings. The number of halogens is 3. The molecule has 148 valence electrons. The number of carbonyl (C=O) groups excluding carboxylic acids is 1. The maximum absolute atomic E-state index is 13.5. The molecule has 29 heavy (non-hydrogen) atoms. The number of aromatic nitrogens is 4. The Hall–Kier alpha value is -3.27. The number of anilines is 1. The molecule has 0 saturated heterocycles. The number of nitrogens with one attached hydrogen (secondary N) is 1. The van der Waals surface area contributed by atoms with E-state index in [1.54, 1.807) is 25.3 Å². The number of alkyl halides is 3. The number of fused-ring (bicyclic) bond motifs is 1. The van der Waals surface area contributed by atoms with Gasteiger partial charge in [-0.25, -0.2) is 9.97 Å². The predicted octanol–water partition coefficient (Wildman–Crippen LogP) is 4.74. The van der Waals surface area contributed by atoms with Crippen LogP contribution in [0.1, 0.15) is 26.6 Å². The number of hydrogen-bond acceptors (Lipinski definition) is 5. The van der Waals surface area contributed by atoms with Crippen molar-refractivity contribution >= 4 is 28.7 Å². The highest BCUT2D eigenvalue weighted by Gasteiger charge is 2.34. The van der Waals surface area contributed by atoms with Crippen molar-refractivity contribution < 1.29 is 18.0 Å². The van der Waals surface area contributed by atoms with Crippen LogP contribution >= 0.6 is 11.3 Å². The van der Waals surface area contributed by atoms with Crippen molar-refractivity contribution in [1.82, 2.24) is 19.6 Å². The minimum absolute atomic E-state index is 0.0412. The van der Waals surface area contributed by atoms with Gasteiger partial charge in [-0.15, -0.1) is 11.3 Å². The molecule has 0 aliphatic carbocycles. The highest BCUT2D eigenvalue weighted by atomic mass is 32.1. The number of amides is 1. The van der Waals surface area contributed by atoms with Gasteiger partial charge < -0.3 is 5.32 Å². The summed E-state index contributed by atoms with van der Waals surface area (Å²) in [4.78, 5) is 20.7. The summed E-state index contributed by atoms with van der Waals surface area (Å²) in [6, 6.07) is 6.87. The van der Waals surface area contributed by atoms with E-state index in [1.165, 1.54) is 40.2 Å². The summed E-state index contributed by atoms with van der Waals surface area (Å²) >= 11 is 1.34. The average Bonchev–Trinajstić information content (AvgIpc) is 3.26. The maximum atomic E-state index is 13.5. The molecule has 0 fully saturated rings. The molecule has 1 aromatic carbocycles. The Bertz CT molecular complexity index is 1230. The molecular weight excluding hydrogens is 403 g/mol. The number of carbonyl (C=O) groups is 1. The first-order valence-electron chi connectivity index (χ1n) is 8.49. The summed E-state index contributed by atoms with van der Waals surface area (Å²) in [7, 11) is 0. The Kier molecular flexibility index (Phi) is 4.58. The van der Waals surface area contributed by atoms with Crippen LogP contribution in [0, 0.1) is 13.8 Å². The predicted molar refractivity (Wildman–Crippen MR) is 103 cm³/mol. The van der Waals surface area contributed by atoms with Crippen molar-refractivity contribution in [2.45, 2.75) is 20.0 Å². The molecule has 0 spiro atoms. The summed E-state index contributed by atoms with van der Waals surface area (Å²) in [5, 5.41) is 9.38. The van der Waals surface area contributed by atoms with Gasteiger partial charge in [-0.2, -0.15) is 22.8 Å². The lowest BCUT2D eigenvalue weighted by Gasteiger charge is -2.14. The summed E-state index contributed by atoms with van der Waals surface area (Å²) in [6.45, 7) is 3.45. The van der Waals surface area contributed by atoms with Gasteiger partial charge >= 0.3 is 6.18 Å². The number of thiazole rings is 1. The molecule has 0 unspecified atom stereocenters. The fourth-order valence-electron chi connectivity index (χ4n) is 2.94. The van der Waals surface area contributed by atoms with Crippen LogP contribution in [0.5, 0.6) is 0 Å². The SMILES string of the molecule is Cc1nc(C(=O)Nc2cnc3cc(C)c(-c4ccccc4C(F)(F)F)nn23)cs1. The largest absolute Gasteiger partial charge is 0.417 e. The molecule has 0 bridgehead atoms. The number of imidazole rings is 1. The van der Waals surface area contributed by atoms with E-state index in [4.69, 9.17) is 0 Å². The van der Waals surface area contributed by atoms with Gasteiger partial charge in [0.2, 0.25) is 0 Å². The highest BCUT2D eigenvalue weighted by molar-refractivity contribution is 7.09. The van der Waals surface area contributed by atoms with Crippen LogP contribution < -0.4 is 5.32 Å². The summed E-state index contributed by atoms with van der Waals surface area (Å²) in [5.41, 5.74) is 0.521. The summed E-state index contributed by atoms with van der Waals surface area (Å²) < 4.78 is 41.7. The second kappa shape index (κ2) is 6.96. The van der Waals surface area contributed by atoms with E-state index in [9.17, 15) is 18.0 Å². The standard InChI is InChI=1S/C19H14F3N5OS/c1-10-7-15-23-8-16(25-18(28)14-9-29-11(2)24-14)27(15)26-17(10)12-5-3-4-6-13(12)19(20,21)22/h3-9H,1-2H3,(H,25,28). The third-order valence-electron chi connectivity index (χ3n) is 4.26. The average molecular weight is 417 g/mol. The van der Waals surface area contributed by atoms with Crippen molar-refractivity contribution in [3.8, 4) is 11.3 Å². The third kappa shape index (κ3) is 3.58. The Balaban J connectivity index is 1.80. The molecule has 0 aliphatic heterocycles. The topological polar surface area (TPSA) is 72.2 Å². The van der Waals surface area contributed by atoms with E-state index in [0.29, 0.717) is 11.2 Å². The Morgan fingerprint density at radius 2 is 1.97 bits per heavy atom. The van der Waals surface area contributed by atoms with Crippen LogP contribution in [0.2, 0.25) is 0 Å². The van der Waals surface area contributed by atoms with Crippen molar-refractivity contribution in [2.75, 3.05) is 5.32 Å². The maximum Gasteiger partial charge on any atom is 0.417 e. The molecule has 0 saturated carbocycles. The molecule has 0 atom stereocenters. The molecule has 4 aromatic rings. The fourth-order valence-corrected chi connectivity index (χ4v) is 3.53. The first-order valence-corrected chi connectivity index (χ1v) is 9.37. The monoisotopic (exact) mass is 417 g/mol. The molecule has 4 rings (SSSR count). The zero-order chi connectivity index (χ0) is 20.8. The number of hydrogen-bond donors (Lipinski definition) is 1. The second-order valence-electron chi connectivity index (χ2n) is 6.34. The van der Waals surface area contributed by atoms with Crippen molar-refractivity contribution in [1.29, 1.82) is 0 Å². The Morgan fingerprint density at radius 1 is 1.21 bits per heavy atom. The van der Waals surface area contributed by atoms with Crippen molar-refractivity contribution in [3.63, 3.8) is 0 Å². The van der Waals surface area contributed by atoms with Crippen LogP contribution in [0.25, 0.3) is 16.9 Å². The van der Waals surface area contributed by atoms with E-state index in [-0.39, 0.29) is 22.8 Å². The van der Waals surface area contributed by atoms with E-state index in [2.05, 4.69) is 20.4 Å². The van der Waals surface area contributed by atoms with Crippen LogP contribution in [0.3, 0.4) is 0 Å². The van der Waals surface area contributed by atoms with Crippen LogP contribution in [-0.2, 0) is 6.18 Å². The second-order valence-corrected chi connectivity index (χ2v) is 7.40. The minimum atomic E-state index is -4.52. The molecule has 6 nitrogen and oxygen atoms in total. The Labute approximate surface area is 167 Å². The van der Waals surface area contributed by atoms with Crippen molar-refractivity contribution in [3.05, 3.63) is 63.7 Å². The molecular formula is C19H14F3N5OS. The zero-order valence-electron chi connectivity index (χ0n) is 15.3. The quantitative estimate of drug-likeness (QED) is 0.523. The molecule has 3 heterocycles. The first-order chi connectivity index (χ1) is 13.7. The first kappa shape index (κ1) is 19.1. The lowest BCUT2D eigenvalue weighted by Crippen LogP contribution is -2.15. The van der Waals surface area contributed by atoms with Gasteiger partial charge in [-0.1, -0.05) is 18.2 Å². The highest BCUT2D eigenvalue weighted by Crippen LogP contribution is 2.37. The van der Waals surface area contributed by atoms with E-state index in [0.717, 1.165) is 11.1 Å². The number of nitrogens with zero attached hydrogens (tertiary/aromatic N) is 4. The summed E-state index contributed by atoms with van der Waals surface area (Å²) in [6.07, 6.45) is -3.12. The molecule has 0 radical (unpaired) electrons. The number of benzene rings is 1. The van der Waals surface area contributed by atoms with Crippen LogP contribution in [0.15, 0.2) is 41.9 Å². The number of aryl methyl sites for hydroxylation is 2. The van der Waals surface area contributed by atoms with Gasteiger partial charge in [-0.05, 0) is 31.5 Å². The normalized spacial score (nSPS) is 11.8. The Morgan fingerprint density at radius 3 is 2.66 bits per heavy atom. The van der Waals surface area contributed by atoms with Gasteiger partial charge in [0.25, 0.3) is 5.91 Å². The van der Waals surface area contributed by atoms with Crippen LogP contribution in [-0.4, -0.2) is 25.5 Å². The van der Waals surface area contributed by atoms with Gasteiger partial charge in [-0.3, -0.25) is 4.79 Å². The van der Waals surface area contributed by atoms with Gasteiger partial charge in [0.15, 0.2) is 11.5 Å². The van der Waals surface area contributed by atoms with Gasteiger partial charge in [0.05, 0.1) is 22.5 Å². The zero-order valence-corrected chi connectivity index (χ0v) is 16.1. The fraction of sp³-hybridized carbons (Fsp3) is 0.158. The third-order valence-corrected chi connectivity index (χ3v) is 5.04. The van der Waals surface area contributed by atoms with Crippen molar-refractivity contribution in [2.24, 2.45) is 0 Å². The van der Waals surface area contributed by atoms with E-state index < -0.39 is 17.6 Å². The summed E-state index contributed by atoms with van der Waals surface area (Å²) in [5.74, 6) is -0.211.